The number of rotatable bonds is 7. The lowest BCUT2D eigenvalue weighted by molar-refractivity contribution is 0.532. The molecule has 4 heteroatoms. The molecular weight excluding hydrogens is 260 g/mol. The number of benzene rings is 1. The van der Waals surface area contributed by atoms with Gasteiger partial charge < -0.3 is 10.2 Å². The van der Waals surface area contributed by atoms with E-state index in [-0.39, 0.29) is 0 Å². The Hall–Kier alpha value is -1.97. The van der Waals surface area contributed by atoms with Crippen molar-refractivity contribution in [3.8, 4) is 0 Å². The highest BCUT2D eigenvalue weighted by molar-refractivity contribution is 5.55. The molecule has 1 aromatic heterocycles. The topological polar surface area (TPSA) is 33.1 Å². The fourth-order valence-corrected chi connectivity index (χ4v) is 2.33. The van der Waals surface area contributed by atoms with Crippen molar-refractivity contribution < 1.29 is 0 Å². The van der Waals surface area contributed by atoms with Gasteiger partial charge in [0.1, 0.15) is 0 Å². The summed E-state index contributed by atoms with van der Waals surface area (Å²) in [6.07, 6.45) is 4.03. The lowest BCUT2D eigenvalue weighted by Crippen LogP contribution is -2.21. The minimum atomic E-state index is 0.409. The van der Waals surface area contributed by atoms with Gasteiger partial charge in [0, 0.05) is 48.8 Å². The van der Waals surface area contributed by atoms with Gasteiger partial charge in [0.05, 0.1) is 6.20 Å². The molecule has 0 spiro atoms. The second kappa shape index (κ2) is 7.16. The van der Waals surface area contributed by atoms with Gasteiger partial charge in [0.25, 0.3) is 0 Å². The smallest absolute Gasteiger partial charge is 0.0539 e. The van der Waals surface area contributed by atoms with Gasteiger partial charge in [0.15, 0.2) is 0 Å². The Morgan fingerprint density at radius 2 is 1.81 bits per heavy atom. The molecule has 1 N–H and O–H groups in total. The van der Waals surface area contributed by atoms with Crippen molar-refractivity contribution in [1.82, 2.24) is 9.78 Å². The molecule has 2 aromatic rings. The zero-order chi connectivity index (χ0) is 15.2. The Labute approximate surface area is 127 Å². The Morgan fingerprint density at radius 3 is 2.33 bits per heavy atom. The van der Waals surface area contributed by atoms with Crippen LogP contribution in [0.5, 0.6) is 0 Å². The SMILES string of the molecule is CCN(CC)c1ccc(NCc2cnn(C(C)C)c2)cc1. The van der Waals surface area contributed by atoms with E-state index < -0.39 is 0 Å². The van der Waals surface area contributed by atoms with E-state index in [0.717, 1.165) is 25.3 Å². The van der Waals surface area contributed by atoms with Crippen molar-refractivity contribution in [3.05, 3.63) is 42.2 Å². The summed E-state index contributed by atoms with van der Waals surface area (Å²) in [5.41, 5.74) is 3.62. The third-order valence-electron chi connectivity index (χ3n) is 3.68. The van der Waals surface area contributed by atoms with Gasteiger partial charge in [0.2, 0.25) is 0 Å². The molecule has 0 saturated heterocycles. The molecule has 0 atom stereocenters. The molecule has 21 heavy (non-hydrogen) atoms. The zero-order valence-electron chi connectivity index (χ0n) is 13.5. The largest absolute Gasteiger partial charge is 0.381 e. The van der Waals surface area contributed by atoms with Crippen LogP contribution in [-0.4, -0.2) is 22.9 Å². The predicted octanol–water partition coefficient (Wildman–Crippen LogP) is 3.92. The van der Waals surface area contributed by atoms with Gasteiger partial charge in [-0.15, -0.1) is 0 Å². The fourth-order valence-electron chi connectivity index (χ4n) is 2.33. The van der Waals surface area contributed by atoms with Crippen molar-refractivity contribution >= 4 is 11.4 Å². The molecule has 0 radical (unpaired) electrons. The number of nitrogens with zero attached hydrogens (tertiary/aromatic N) is 3. The van der Waals surface area contributed by atoms with Crippen LogP contribution in [-0.2, 0) is 6.54 Å². The van der Waals surface area contributed by atoms with E-state index >= 15 is 0 Å². The summed E-state index contributed by atoms with van der Waals surface area (Å²) in [7, 11) is 0. The molecule has 0 fully saturated rings. The first kappa shape index (κ1) is 15.4. The van der Waals surface area contributed by atoms with Crippen LogP contribution in [0.25, 0.3) is 0 Å². The Morgan fingerprint density at radius 1 is 1.14 bits per heavy atom. The van der Waals surface area contributed by atoms with Crippen molar-refractivity contribution in [2.45, 2.75) is 40.3 Å². The minimum Gasteiger partial charge on any atom is -0.381 e. The second-order valence-electron chi connectivity index (χ2n) is 5.50. The highest BCUT2D eigenvalue weighted by atomic mass is 15.3. The maximum atomic E-state index is 4.36. The quantitative estimate of drug-likeness (QED) is 0.837. The van der Waals surface area contributed by atoms with E-state index in [1.807, 2.05) is 10.9 Å². The van der Waals surface area contributed by atoms with Crippen LogP contribution in [0.15, 0.2) is 36.7 Å². The minimum absolute atomic E-state index is 0.409. The van der Waals surface area contributed by atoms with Crippen LogP contribution >= 0.6 is 0 Å². The van der Waals surface area contributed by atoms with E-state index in [2.05, 4.69) is 73.5 Å². The van der Waals surface area contributed by atoms with Crippen LogP contribution < -0.4 is 10.2 Å². The first-order valence-electron chi connectivity index (χ1n) is 7.76. The van der Waals surface area contributed by atoms with E-state index in [4.69, 9.17) is 0 Å². The Balaban J connectivity index is 1.94. The van der Waals surface area contributed by atoms with E-state index in [9.17, 15) is 0 Å². The van der Waals surface area contributed by atoms with Gasteiger partial charge in [-0.2, -0.15) is 5.10 Å². The number of anilines is 2. The summed E-state index contributed by atoms with van der Waals surface area (Å²) < 4.78 is 1.99. The first-order valence-corrected chi connectivity index (χ1v) is 7.76. The third kappa shape index (κ3) is 4.00. The fraction of sp³-hybridized carbons (Fsp3) is 0.471. The number of hydrogen-bond donors (Lipinski definition) is 1. The average molecular weight is 286 g/mol. The summed E-state index contributed by atoms with van der Waals surface area (Å²) >= 11 is 0. The molecule has 4 nitrogen and oxygen atoms in total. The molecule has 2 rings (SSSR count). The van der Waals surface area contributed by atoms with Crippen molar-refractivity contribution in [3.63, 3.8) is 0 Å². The Bertz CT molecular complexity index is 538. The molecule has 0 aliphatic heterocycles. The standard InChI is InChI=1S/C17H26N4/c1-5-20(6-2)17-9-7-16(8-10-17)18-11-15-12-19-21(13-15)14(3)4/h7-10,12-14,18H,5-6,11H2,1-4H3. The predicted molar refractivity (Wildman–Crippen MR) is 89.9 cm³/mol. The van der Waals surface area contributed by atoms with Crippen molar-refractivity contribution in [2.24, 2.45) is 0 Å². The van der Waals surface area contributed by atoms with Crippen LogP contribution in [0.2, 0.25) is 0 Å². The second-order valence-corrected chi connectivity index (χ2v) is 5.50. The van der Waals surface area contributed by atoms with E-state index in [1.165, 1.54) is 11.3 Å². The van der Waals surface area contributed by atoms with E-state index in [1.54, 1.807) is 0 Å². The zero-order valence-corrected chi connectivity index (χ0v) is 13.5. The van der Waals surface area contributed by atoms with Gasteiger partial charge in [-0.25, -0.2) is 0 Å². The molecule has 0 saturated carbocycles. The molecule has 0 aliphatic rings. The van der Waals surface area contributed by atoms with Gasteiger partial charge in [-0.05, 0) is 52.0 Å². The molecule has 0 bridgehead atoms. The monoisotopic (exact) mass is 286 g/mol. The summed E-state index contributed by atoms with van der Waals surface area (Å²) in [6.45, 7) is 11.5. The maximum absolute atomic E-state index is 4.36. The molecule has 1 aromatic carbocycles. The van der Waals surface area contributed by atoms with Gasteiger partial charge in [-0.3, -0.25) is 4.68 Å². The van der Waals surface area contributed by atoms with Crippen molar-refractivity contribution in [1.29, 1.82) is 0 Å². The molecule has 0 aliphatic carbocycles. The molecular formula is C17H26N4. The number of hydrogen-bond acceptors (Lipinski definition) is 3. The Kier molecular flexibility index (Phi) is 5.26. The van der Waals surface area contributed by atoms with Crippen LogP contribution in [0.3, 0.4) is 0 Å². The molecule has 0 amide bonds. The van der Waals surface area contributed by atoms with Crippen LogP contribution in [0.1, 0.15) is 39.3 Å². The van der Waals surface area contributed by atoms with Crippen molar-refractivity contribution in [2.75, 3.05) is 23.3 Å². The third-order valence-corrected chi connectivity index (χ3v) is 3.68. The maximum Gasteiger partial charge on any atom is 0.0539 e. The van der Waals surface area contributed by atoms with Gasteiger partial charge in [-0.1, -0.05) is 0 Å². The van der Waals surface area contributed by atoms with Crippen LogP contribution in [0, 0.1) is 0 Å². The lowest BCUT2D eigenvalue weighted by atomic mass is 10.2. The summed E-state index contributed by atoms with van der Waals surface area (Å²) in [5.74, 6) is 0. The molecule has 114 valence electrons. The first-order chi connectivity index (χ1) is 10.1. The molecule has 1 heterocycles. The number of aromatic nitrogens is 2. The summed E-state index contributed by atoms with van der Waals surface area (Å²) in [5, 5.41) is 7.80. The van der Waals surface area contributed by atoms with E-state index in [0.29, 0.717) is 6.04 Å². The van der Waals surface area contributed by atoms with Gasteiger partial charge >= 0.3 is 0 Å². The summed E-state index contributed by atoms with van der Waals surface area (Å²) in [6, 6.07) is 9.04. The highest BCUT2D eigenvalue weighted by Crippen LogP contribution is 2.18. The molecule has 0 unspecified atom stereocenters. The van der Waals surface area contributed by atoms with Crippen LogP contribution in [0.4, 0.5) is 11.4 Å². The lowest BCUT2D eigenvalue weighted by Gasteiger charge is -2.21. The average Bonchev–Trinajstić information content (AvgIpc) is 2.97. The number of nitrogens with one attached hydrogen (secondary N) is 1. The summed E-state index contributed by atoms with van der Waals surface area (Å²) in [4.78, 5) is 2.34. The normalized spacial score (nSPS) is 10.9. The highest BCUT2D eigenvalue weighted by Gasteiger charge is 2.03.